The second kappa shape index (κ2) is 11.9. The normalized spacial score (nSPS) is 12.6. The van der Waals surface area contributed by atoms with E-state index in [1.165, 1.54) is 0 Å². The number of benzene rings is 2. The molecule has 0 spiro atoms. The zero-order valence-corrected chi connectivity index (χ0v) is 19.2. The minimum Gasteiger partial charge on any atom is -0.497 e. The molecule has 0 saturated carbocycles. The Morgan fingerprint density at radius 3 is 2.44 bits per heavy atom. The number of hydrogen-bond donors (Lipinski definition) is 2. The number of carbonyl (C=O) groups excluding carboxylic acids is 1. The van der Waals surface area contributed by atoms with Crippen LogP contribution in [0.5, 0.6) is 5.75 Å². The lowest BCUT2D eigenvalue weighted by molar-refractivity contribution is -0.121. The summed E-state index contributed by atoms with van der Waals surface area (Å²) in [5, 5.41) is 2.84. The van der Waals surface area contributed by atoms with Crippen molar-refractivity contribution in [2.45, 2.75) is 31.2 Å². The van der Waals surface area contributed by atoms with Gasteiger partial charge in [0.1, 0.15) is 5.75 Å². The van der Waals surface area contributed by atoms with E-state index in [0.717, 1.165) is 36.5 Å². The third-order valence-electron chi connectivity index (χ3n) is 5.07. The van der Waals surface area contributed by atoms with E-state index in [0.29, 0.717) is 12.6 Å². The molecule has 0 saturated heterocycles. The molecule has 2 N–H and O–H groups in total. The molecule has 1 amide bonds. The van der Waals surface area contributed by atoms with E-state index in [2.05, 4.69) is 14.9 Å². The van der Waals surface area contributed by atoms with E-state index in [4.69, 9.17) is 4.74 Å². The highest BCUT2D eigenvalue weighted by atomic mass is 32.2. The van der Waals surface area contributed by atoms with Crippen LogP contribution in [-0.4, -0.2) is 52.5 Å². The van der Waals surface area contributed by atoms with Gasteiger partial charge in [0, 0.05) is 19.5 Å². The molecule has 0 radical (unpaired) electrons. The number of hydrogen-bond acceptors (Lipinski definition) is 5. The third kappa shape index (κ3) is 6.98. The molecule has 2 rings (SSSR count). The maximum absolute atomic E-state index is 13.3. The maximum atomic E-state index is 13.3. The molecule has 0 aliphatic rings. The molecule has 2 aromatic carbocycles. The minimum atomic E-state index is -4.06. The number of ether oxygens (including phenoxy) is 1. The molecule has 0 fully saturated rings. The summed E-state index contributed by atoms with van der Waals surface area (Å²) in [7, 11) is -2.47. The Morgan fingerprint density at radius 2 is 1.81 bits per heavy atom. The lowest BCUT2D eigenvalue weighted by atomic mass is 10.0. The number of nitrogens with one attached hydrogen (secondary N) is 2. The first-order valence-corrected chi connectivity index (χ1v) is 11.8. The van der Waals surface area contributed by atoms with Crippen molar-refractivity contribution in [3.63, 3.8) is 0 Å². The van der Waals surface area contributed by atoms with Crippen molar-refractivity contribution in [2.75, 3.05) is 33.3 Å². The maximum Gasteiger partial charge on any atom is 0.240 e. The summed E-state index contributed by atoms with van der Waals surface area (Å²) in [5.41, 5.74) is 0.993. The van der Waals surface area contributed by atoms with Crippen molar-refractivity contribution in [3.05, 3.63) is 59.7 Å². The number of carbonyl (C=O) groups is 1. The Hall–Kier alpha value is -2.56. The van der Waals surface area contributed by atoms with E-state index in [1.54, 1.807) is 7.11 Å². The van der Waals surface area contributed by atoms with Crippen LogP contribution < -0.4 is 14.8 Å². The Balaban J connectivity index is 1.95. The molecule has 176 valence electrons. The second-order valence-electron chi connectivity index (χ2n) is 7.04. The average Bonchev–Trinajstić information content (AvgIpc) is 2.78. The summed E-state index contributed by atoms with van der Waals surface area (Å²) in [5.74, 6) is -2.01. The summed E-state index contributed by atoms with van der Waals surface area (Å²) in [6.07, 6.45) is -0.105. The van der Waals surface area contributed by atoms with Gasteiger partial charge in [-0.3, -0.25) is 9.69 Å². The predicted octanol–water partition coefficient (Wildman–Crippen LogP) is 2.84. The van der Waals surface area contributed by atoms with Crippen molar-refractivity contribution in [1.82, 2.24) is 14.9 Å². The lowest BCUT2D eigenvalue weighted by Crippen LogP contribution is -2.39. The smallest absolute Gasteiger partial charge is 0.240 e. The van der Waals surface area contributed by atoms with E-state index in [1.807, 2.05) is 38.1 Å². The minimum absolute atomic E-state index is 0.0806. The first-order valence-electron chi connectivity index (χ1n) is 10.3. The molecular formula is C22H29F2N3O4S. The first kappa shape index (κ1) is 25.7. The Bertz CT molecular complexity index is 1010. The number of halogens is 2. The van der Waals surface area contributed by atoms with Crippen molar-refractivity contribution < 1.29 is 26.7 Å². The molecule has 0 aliphatic carbocycles. The van der Waals surface area contributed by atoms with Crippen LogP contribution in [0.1, 0.15) is 31.9 Å². The van der Waals surface area contributed by atoms with Crippen molar-refractivity contribution in [3.8, 4) is 5.75 Å². The van der Waals surface area contributed by atoms with Gasteiger partial charge in [-0.25, -0.2) is 21.9 Å². The number of amides is 1. The molecule has 2 aromatic rings. The predicted molar refractivity (Wildman–Crippen MR) is 118 cm³/mol. The molecule has 0 heterocycles. The summed E-state index contributed by atoms with van der Waals surface area (Å²) < 4.78 is 58.3. The van der Waals surface area contributed by atoms with Gasteiger partial charge in [-0.2, -0.15) is 0 Å². The average molecular weight is 470 g/mol. The van der Waals surface area contributed by atoms with Crippen molar-refractivity contribution in [1.29, 1.82) is 0 Å². The van der Waals surface area contributed by atoms with Crippen LogP contribution in [0.2, 0.25) is 0 Å². The molecule has 1 unspecified atom stereocenters. The largest absolute Gasteiger partial charge is 0.497 e. The second-order valence-corrected chi connectivity index (χ2v) is 8.81. The third-order valence-corrected chi connectivity index (χ3v) is 6.53. The van der Waals surface area contributed by atoms with Gasteiger partial charge in [0.25, 0.3) is 0 Å². The van der Waals surface area contributed by atoms with E-state index in [-0.39, 0.29) is 24.9 Å². The Morgan fingerprint density at radius 1 is 1.09 bits per heavy atom. The van der Waals surface area contributed by atoms with Crippen LogP contribution in [-0.2, 0) is 14.8 Å². The van der Waals surface area contributed by atoms with Gasteiger partial charge >= 0.3 is 0 Å². The van der Waals surface area contributed by atoms with Gasteiger partial charge in [-0.05, 0) is 49.0 Å². The summed E-state index contributed by atoms with van der Waals surface area (Å²) in [4.78, 5) is 14.1. The quantitative estimate of drug-likeness (QED) is 0.499. The topological polar surface area (TPSA) is 87.7 Å². The molecule has 32 heavy (non-hydrogen) atoms. The fraction of sp³-hybridized carbons (Fsp3) is 0.409. The Labute approximate surface area is 187 Å². The standard InChI is InChI=1S/C22H29F2N3O4S/c1-4-27(5-2)21(16-7-6-8-17(13-16)31-3)15-25-22(28)11-12-26-32(29,30)18-9-10-19(23)20(24)14-18/h6-10,13-14,21,26H,4-5,11-12,15H2,1-3H3,(H,25,28). The fourth-order valence-corrected chi connectivity index (χ4v) is 4.34. The van der Waals surface area contributed by atoms with Gasteiger partial charge in [0.15, 0.2) is 11.6 Å². The van der Waals surface area contributed by atoms with Gasteiger partial charge < -0.3 is 10.1 Å². The number of likely N-dealkylation sites (N-methyl/N-ethyl adjacent to an activating group) is 1. The van der Waals surface area contributed by atoms with Gasteiger partial charge in [-0.1, -0.05) is 26.0 Å². The highest BCUT2D eigenvalue weighted by Gasteiger charge is 2.20. The number of methoxy groups -OCH3 is 1. The van der Waals surface area contributed by atoms with E-state index in [9.17, 15) is 22.0 Å². The summed E-state index contributed by atoms with van der Waals surface area (Å²) >= 11 is 0. The number of sulfonamides is 1. The van der Waals surface area contributed by atoms with E-state index < -0.39 is 26.6 Å². The van der Waals surface area contributed by atoms with Crippen molar-refractivity contribution >= 4 is 15.9 Å². The Kier molecular flexibility index (Phi) is 9.55. The number of rotatable bonds is 12. The zero-order valence-electron chi connectivity index (χ0n) is 18.4. The summed E-state index contributed by atoms with van der Waals surface area (Å²) in [6.45, 7) is 5.79. The highest BCUT2D eigenvalue weighted by Crippen LogP contribution is 2.23. The van der Waals surface area contributed by atoms with Crippen LogP contribution in [0, 0.1) is 11.6 Å². The molecule has 0 aliphatic heterocycles. The highest BCUT2D eigenvalue weighted by molar-refractivity contribution is 7.89. The molecule has 1 atom stereocenters. The molecule has 0 bridgehead atoms. The van der Waals surface area contributed by atoms with Gasteiger partial charge in [0.05, 0.1) is 18.0 Å². The van der Waals surface area contributed by atoms with Crippen LogP contribution in [0.4, 0.5) is 8.78 Å². The number of nitrogens with zero attached hydrogens (tertiary/aromatic N) is 1. The molecule has 7 nitrogen and oxygen atoms in total. The van der Waals surface area contributed by atoms with Crippen LogP contribution >= 0.6 is 0 Å². The molecule has 0 aromatic heterocycles. The van der Waals surface area contributed by atoms with Gasteiger partial charge in [-0.15, -0.1) is 0 Å². The van der Waals surface area contributed by atoms with Crippen LogP contribution in [0.3, 0.4) is 0 Å². The summed E-state index contributed by atoms with van der Waals surface area (Å²) in [6, 6.07) is 9.84. The molecule has 10 heteroatoms. The van der Waals surface area contributed by atoms with Gasteiger partial charge in [0.2, 0.25) is 15.9 Å². The van der Waals surface area contributed by atoms with Crippen LogP contribution in [0.15, 0.2) is 47.4 Å². The fourth-order valence-electron chi connectivity index (χ4n) is 3.30. The van der Waals surface area contributed by atoms with Crippen molar-refractivity contribution in [2.24, 2.45) is 0 Å². The van der Waals surface area contributed by atoms with E-state index >= 15 is 0 Å². The molecular weight excluding hydrogens is 440 g/mol. The SMILES string of the molecule is CCN(CC)C(CNC(=O)CCNS(=O)(=O)c1ccc(F)c(F)c1)c1cccc(OC)c1. The lowest BCUT2D eigenvalue weighted by Gasteiger charge is -2.30. The monoisotopic (exact) mass is 469 g/mol. The first-order chi connectivity index (χ1) is 15.2. The van der Waals surface area contributed by atoms with Crippen LogP contribution in [0.25, 0.3) is 0 Å². The zero-order chi connectivity index (χ0) is 23.7.